The van der Waals surface area contributed by atoms with E-state index >= 15 is 0 Å². The zero-order valence-electron chi connectivity index (χ0n) is 8.60. The Morgan fingerprint density at radius 2 is 2.17 bits per heavy atom. The van der Waals surface area contributed by atoms with Gasteiger partial charge < -0.3 is 9.84 Å². The van der Waals surface area contributed by atoms with Gasteiger partial charge in [-0.2, -0.15) is 8.78 Å². The number of halogens is 3. The molecule has 0 spiro atoms. The molecule has 9 heteroatoms. The fourth-order valence-corrected chi connectivity index (χ4v) is 1.46. The molecule has 6 nitrogen and oxygen atoms in total. The topological polar surface area (TPSA) is 89.7 Å². The van der Waals surface area contributed by atoms with Crippen LogP contribution in [0.15, 0.2) is 12.1 Å². The SMILES string of the molecule is O=C(O)c1cc(CCl)c(OC(F)F)cc1[N+](=O)[O-]. The Kier molecular flexibility index (Phi) is 4.38. The molecule has 1 aromatic rings. The van der Waals surface area contributed by atoms with Crippen LogP contribution < -0.4 is 4.74 Å². The fraction of sp³-hybridized carbons (Fsp3) is 0.222. The van der Waals surface area contributed by atoms with E-state index < -0.39 is 34.5 Å². The van der Waals surface area contributed by atoms with Gasteiger partial charge in [-0.05, 0) is 6.07 Å². The summed E-state index contributed by atoms with van der Waals surface area (Å²) in [6.45, 7) is -3.19. The van der Waals surface area contributed by atoms with Crippen molar-refractivity contribution >= 4 is 23.3 Å². The minimum Gasteiger partial charge on any atom is -0.477 e. The number of carbonyl (C=O) groups is 1. The van der Waals surface area contributed by atoms with Crippen molar-refractivity contribution in [2.24, 2.45) is 0 Å². The summed E-state index contributed by atoms with van der Waals surface area (Å²) in [6, 6.07) is 1.46. The van der Waals surface area contributed by atoms with Crippen LogP contribution in [0.3, 0.4) is 0 Å². The van der Waals surface area contributed by atoms with Crippen molar-refractivity contribution < 1.29 is 28.3 Å². The predicted octanol–water partition coefficient (Wildman–Crippen LogP) is 2.63. The summed E-state index contributed by atoms with van der Waals surface area (Å²) in [5, 5.41) is 19.4. The molecular weight excluding hydrogens is 276 g/mol. The minimum atomic E-state index is -3.19. The van der Waals surface area contributed by atoms with Crippen molar-refractivity contribution in [3.05, 3.63) is 33.4 Å². The molecule has 0 heterocycles. The van der Waals surface area contributed by atoms with Crippen molar-refractivity contribution in [2.45, 2.75) is 12.5 Å². The molecule has 0 unspecified atom stereocenters. The number of hydrogen-bond donors (Lipinski definition) is 1. The standard InChI is InChI=1S/C9H6ClF2NO5/c10-3-4-1-5(8(14)15)6(13(16)17)2-7(4)18-9(11)12/h1-2,9H,3H2,(H,14,15). The number of carboxylic acids is 1. The molecule has 0 aromatic heterocycles. The van der Waals surface area contributed by atoms with Crippen LogP contribution in [0.25, 0.3) is 0 Å². The molecule has 0 amide bonds. The van der Waals surface area contributed by atoms with Gasteiger partial charge >= 0.3 is 12.6 Å². The molecule has 0 aliphatic rings. The molecule has 0 fully saturated rings. The Bertz CT molecular complexity index is 494. The largest absolute Gasteiger partial charge is 0.477 e. The first-order valence-electron chi connectivity index (χ1n) is 4.42. The zero-order valence-corrected chi connectivity index (χ0v) is 9.36. The van der Waals surface area contributed by atoms with Crippen LogP contribution in [0.4, 0.5) is 14.5 Å². The second kappa shape index (κ2) is 5.58. The Hall–Kier alpha value is -1.96. The highest BCUT2D eigenvalue weighted by atomic mass is 35.5. The first kappa shape index (κ1) is 14.1. The van der Waals surface area contributed by atoms with Crippen LogP contribution in [0.1, 0.15) is 15.9 Å². The number of alkyl halides is 3. The summed E-state index contributed by atoms with van der Waals surface area (Å²) in [5.74, 6) is -2.39. The van der Waals surface area contributed by atoms with E-state index in [-0.39, 0.29) is 11.4 Å². The highest BCUT2D eigenvalue weighted by molar-refractivity contribution is 6.17. The van der Waals surface area contributed by atoms with Crippen molar-refractivity contribution in [3.63, 3.8) is 0 Å². The van der Waals surface area contributed by atoms with Gasteiger partial charge in [-0.1, -0.05) is 0 Å². The maximum absolute atomic E-state index is 12.1. The van der Waals surface area contributed by atoms with Gasteiger partial charge in [0.15, 0.2) is 0 Å². The number of benzene rings is 1. The molecular formula is C9H6ClF2NO5. The Morgan fingerprint density at radius 3 is 2.56 bits per heavy atom. The second-order valence-corrected chi connectivity index (χ2v) is 3.32. The summed E-state index contributed by atoms with van der Waals surface area (Å²) >= 11 is 5.44. The third-order valence-electron chi connectivity index (χ3n) is 1.97. The molecule has 0 atom stereocenters. The predicted molar refractivity (Wildman–Crippen MR) is 56.2 cm³/mol. The molecule has 0 aliphatic heterocycles. The van der Waals surface area contributed by atoms with Crippen LogP contribution in [-0.4, -0.2) is 22.6 Å². The fourth-order valence-electron chi connectivity index (χ4n) is 1.25. The minimum absolute atomic E-state index is 0.0695. The van der Waals surface area contributed by atoms with Gasteiger partial charge in [0, 0.05) is 5.56 Å². The summed E-state index contributed by atoms with van der Waals surface area (Å²) in [6.07, 6.45) is 0. The normalized spacial score (nSPS) is 10.4. The maximum atomic E-state index is 12.1. The highest BCUT2D eigenvalue weighted by Crippen LogP contribution is 2.31. The van der Waals surface area contributed by atoms with Gasteiger partial charge in [-0.3, -0.25) is 10.1 Å². The number of ether oxygens (including phenoxy) is 1. The highest BCUT2D eigenvalue weighted by Gasteiger charge is 2.24. The van der Waals surface area contributed by atoms with E-state index in [4.69, 9.17) is 16.7 Å². The monoisotopic (exact) mass is 281 g/mol. The van der Waals surface area contributed by atoms with Gasteiger partial charge in [0.2, 0.25) is 0 Å². The van der Waals surface area contributed by atoms with Crippen molar-refractivity contribution in [2.75, 3.05) is 0 Å². The smallest absolute Gasteiger partial charge is 0.387 e. The van der Waals surface area contributed by atoms with E-state index in [0.29, 0.717) is 6.07 Å². The lowest BCUT2D eigenvalue weighted by Gasteiger charge is -2.09. The lowest BCUT2D eigenvalue weighted by molar-refractivity contribution is -0.385. The Balaban J connectivity index is 3.41. The molecule has 0 saturated carbocycles. The number of nitrogens with zero attached hydrogens (tertiary/aromatic N) is 1. The maximum Gasteiger partial charge on any atom is 0.387 e. The van der Waals surface area contributed by atoms with E-state index in [1.807, 2.05) is 0 Å². The van der Waals surface area contributed by atoms with E-state index in [1.165, 1.54) is 0 Å². The van der Waals surface area contributed by atoms with Gasteiger partial charge in [0.1, 0.15) is 11.3 Å². The van der Waals surface area contributed by atoms with Crippen molar-refractivity contribution in [1.29, 1.82) is 0 Å². The molecule has 1 N–H and O–H groups in total. The summed E-state index contributed by atoms with van der Waals surface area (Å²) in [4.78, 5) is 20.4. The van der Waals surface area contributed by atoms with E-state index in [2.05, 4.69) is 4.74 Å². The molecule has 0 bridgehead atoms. The van der Waals surface area contributed by atoms with Crippen LogP contribution in [0, 0.1) is 10.1 Å². The Labute approximate surface area is 104 Å². The van der Waals surface area contributed by atoms with Gasteiger partial charge in [0.25, 0.3) is 5.69 Å². The van der Waals surface area contributed by atoms with Gasteiger partial charge in [0.05, 0.1) is 16.9 Å². The second-order valence-electron chi connectivity index (χ2n) is 3.05. The molecule has 1 aromatic carbocycles. The van der Waals surface area contributed by atoms with Crippen LogP contribution in [0.2, 0.25) is 0 Å². The average Bonchev–Trinajstić information content (AvgIpc) is 2.27. The first-order chi connectivity index (χ1) is 8.36. The molecule has 0 aliphatic carbocycles. The number of hydrogen-bond acceptors (Lipinski definition) is 4. The summed E-state index contributed by atoms with van der Waals surface area (Å²) in [7, 11) is 0. The van der Waals surface area contributed by atoms with Crippen LogP contribution >= 0.6 is 11.6 Å². The van der Waals surface area contributed by atoms with Crippen molar-refractivity contribution in [1.82, 2.24) is 0 Å². The number of rotatable bonds is 5. The van der Waals surface area contributed by atoms with E-state index in [0.717, 1.165) is 6.07 Å². The number of nitro benzene ring substituents is 1. The van der Waals surface area contributed by atoms with Crippen LogP contribution in [-0.2, 0) is 5.88 Å². The average molecular weight is 282 g/mol. The Morgan fingerprint density at radius 1 is 1.56 bits per heavy atom. The zero-order chi connectivity index (χ0) is 13.9. The quantitative estimate of drug-likeness (QED) is 0.509. The lowest BCUT2D eigenvalue weighted by atomic mass is 10.1. The molecule has 18 heavy (non-hydrogen) atoms. The van der Waals surface area contributed by atoms with E-state index in [1.54, 1.807) is 0 Å². The first-order valence-corrected chi connectivity index (χ1v) is 4.95. The number of nitro groups is 1. The molecule has 98 valence electrons. The lowest BCUT2D eigenvalue weighted by Crippen LogP contribution is -2.08. The summed E-state index contributed by atoms with van der Waals surface area (Å²) in [5.41, 5.74) is -1.55. The third kappa shape index (κ3) is 3.04. The third-order valence-corrected chi connectivity index (χ3v) is 2.25. The van der Waals surface area contributed by atoms with E-state index in [9.17, 15) is 23.7 Å². The van der Waals surface area contributed by atoms with Gasteiger partial charge in [-0.15, -0.1) is 11.6 Å². The number of aromatic carboxylic acids is 1. The molecule has 0 saturated heterocycles. The molecule has 0 radical (unpaired) electrons. The van der Waals surface area contributed by atoms with Crippen LogP contribution in [0.5, 0.6) is 5.75 Å². The van der Waals surface area contributed by atoms with Crippen molar-refractivity contribution in [3.8, 4) is 5.75 Å². The van der Waals surface area contributed by atoms with Gasteiger partial charge in [-0.25, -0.2) is 4.79 Å². The molecule has 1 rings (SSSR count). The summed E-state index contributed by atoms with van der Waals surface area (Å²) < 4.78 is 28.2. The number of carboxylic acid groups (broad SMARTS) is 1.